The number of amides is 1. The van der Waals surface area contributed by atoms with Gasteiger partial charge in [0.15, 0.2) is 0 Å². The van der Waals surface area contributed by atoms with Crippen molar-refractivity contribution in [2.75, 3.05) is 26.2 Å². The van der Waals surface area contributed by atoms with Gasteiger partial charge in [0, 0.05) is 19.6 Å². The topological polar surface area (TPSA) is 52.6 Å². The summed E-state index contributed by atoms with van der Waals surface area (Å²) in [6, 6.07) is 7.34. The lowest BCUT2D eigenvalue weighted by atomic mass is 9.97. The molecule has 0 atom stereocenters. The van der Waals surface area contributed by atoms with Gasteiger partial charge in [-0.3, -0.25) is 9.69 Å². The van der Waals surface area contributed by atoms with E-state index in [-0.39, 0.29) is 5.91 Å². The van der Waals surface area contributed by atoms with Crippen molar-refractivity contribution < 1.29 is 9.90 Å². The van der Waals surface area contributed by atoms with E-state index in [2.05, 4.69) is 22.4 Å². The van der Waals surface area contributed by atoms with Gasteiger partial charge in [0.2, 0.25) is 5.91 Å². The van der Waals surface area contributed by atoms with Crippen LogP contribution in [0.2, 0.25) is 0 Å². The highest BCUT2D eigenvalue weighted by Gasteiger charge is 2.15. The number of phenols is 1. The number of nitrogens with zero attached hydrogens (tertiary/aromatic N) is 1. The van der Waals surface area contributed by atoms with E-state index in [9.17, 15) is 9.90 Å². The minimum atomic E-state index is 0.123. The van der Waals surface area contributed by atoms with E-state index >= 15 is 0 Å². The fourth-order valence-electron chi connectivity index (χ4n) is 3.55. The van der Waals surface area contributed by atoms with Crippen LogP contribution in [0.1, 0.15) is 44.1 Å². The number of allylic oxidation sites excluding steroid dienone is 1. The average Bonchev–Trinajstić information content (AvgIpc) is 2.64. The molecule has 1 aliphatic heterocycles. The minimum absolute atomic E-state index is 0.123. The number of carbonyl (C=O) groups excluding carboxylic acids is 1. The largest absolute Gasteiger partial charge is 0.508 e. The third kappa shape index (κ3) is 5.46. The van der Waals surface area contributed by atoms with Crippen molar-refractivity contribution in [3.63, 3.8) is 0 Å². The Morgan fingerprint density at radius 1 is 1.12 bits per heavy atom. The highest BCUT2D eigenvalue weighted by Crippen LogP contribution is 2.24. The lowest BCUT2D eigenvalue weighted by Crippen LogP contribution is -2.39. The van der Waals surface area contributed by atoms with Crippen molar-refractivity contribution in [1.29, 1.82) is 0 Å². The molecule has 0 aromatic heterocycles. The van der Waals surface area contributed by atoms with Crippen molar-refractivity contribution in [3.8, 4) is 5.75 Å². The van der Waals surface area contributed by atoms with Crippen molar-refractivity contribution in [2.45, 2.75) is 38.5 Å². The predicted octanol–water partition coefficient (Wildman–Crippen LogP) is 3.49. The van der Waals surface area contributed by atoms with Gasteiger partial charge in [-0.05, 0) is 61.8 Å². The van der Waals surface area contributed by atoms with Gasteiger partial charge < -0.3 is 10.4 Å². The van der Waals surface area contributed by atoms with E-state index in [0.717, 1.165) is 38.0 Å². The molecule has 4 nitrogen and oxygen atoms in total. The number of rotatable bonds is 6. The number of carbonyl (C=O) groups is 1. The van der Waals surface area contributed by atoms with Crippen LogP contribution in [-0.4, -0.2) is 42.1 Å². The quantitative estimate of drug-likeness (QED) is 0.780. The third-order valence-corrected chi connectivity index (χ3v) is 5.05. The monoisotopic (exact) mass is 340 g/mol. The van der Waals surface area contributed by atoms with Crippen LogP contribution in [0.4, 0.5) is 0 Å². The molecule has 0 bridgehead atoms. The van der Waals surface area contributed by atoms with E-state index in [1.165, 1.54) is 36.8 Å². The first kappa shape index (κ1) is 17.7. The van der Waals surface area contributed by atoms with Crippen LogP contribution in [0.15, 0.2) is 42.0 Å². The predicted molar refractivity (Wildman–Crippen MR) is 101 cm³/mol. The Balaban J connectivity index is 1.39. The van der Waals surface area contributed by atoms with Crippen LogP contribution in [0.25, 0.3) is 5.57 Å². The van der Waals surface area contributed by atoms with Gasteiger partial charge in [-0.15, -0.1) is 0 Å². The molecular formula is C21H28N2O2. The van der Waals surface area contributed by atoms with Crippen LogP contribution in [0.3, 0.4) is 0 Å². The Bertz CT molecular complexity index is 646. The summed E-state index contributed by atoms with van der Waals surface area (Å²) in [4.78, 5) is 14.3. The number of benzene rings is 1. The maximum absolute atomic E-state index is 12.1. The standard InChI is InChI=1S/C21H28N2O2/c24-20-8-6-18(7-9-20)19-11-14-23(15-12-19)16-21(25)22-13-10-17-4-2-1-3-5-17/h4,6-9,11,24H,1-3,5,10,12-16H2,(H,22,25). The van der Waals surface area contributed by atoms with Gasteiger partial charge in [-0.1, -0.05) is 29.9 Å². The molecular weight excluding hydrogens is 312 g/mol. The lowest BCUT2D eigenvalue weighted by molar-refractivity contribution is -0.122. The molecule has 134 valence electrons. The zero-order valence-corrected chi connectivity index (χ0v) is 14.8. The van der Waals surface area contributed by atoms with Crippen LogP contribution >= 0.6 is 0 Å². The second-order valence-electron chi connectivity index (χ2n) is 6.97. The van der Waals surface area contributed by atoms with Gasteiger partial charge in [-0.2, -0.15) is 0 Å². The molecule has 1 aromatic carbocycles. The highest BCUT2D eigenvalue weighted by atomic mass is 16.3. The van der Waals surface area contributed by atoms with E-state index in [4.69, 9.17) is 0 Å². The second kappa shape index (κ2) is 8.86. The van der Waals surface area contributed by atoms with E-state index in [1.54, 1.807) is 12.1 Å². The summed E-state index contributed by atoms with van der Waals surface area (Å²) in [7, 11) is 0. The Kier molecular flexibility index (Phi) is 6.29. The molecule has 0 spiro atoms. The number of aromatic hydroxyl groups is 1. The molecule has 0 saturated carbocycles. The normalized spacial score (nSPS) is 18.4. The molecule has 0 radical (unpaired) electrons. The summed E-state index contributed by atoms with van der Waals surface area (Å²) < 4.78 is 0. The fraction of sp³-hybridized carbons (Fsp3) is 0.476. The fourth-order valence-corrected chi connectivity index (χ4v) is 3.55. The van der Waals surface area contributed by atoms with Crippen molar-refractivity contribution in [2.24, 2.45) is 0 Å². The number of hydrogen-bond donors (Lipinski definition) is 2. The Morgan fingerprint density at radius 2 is 1.96 bits per heavy atom. The summed E-state index contributed by atoms with van der Waals surface area (Å²) in [5, 5.41) is 12.4. The average molecular weight is 340 g/mol. The van der Waals surface area contributed by atoms with Crippen LogP contribution in [0, 0.1) is 0 Å². The molecule has 2 N–H and O–H groups in total. The molecule has 1 aliphatic carbocycles. The Labute approximate surface area is 150 Å². The smallest absolute Gasteiger partial charge is 0.234 e. The SMILES string of the molecule is O=C(CN1CC=C(c2ccc(O)cc2)CC1)NCCC1=CCCCC1. The van der Waals surface area contributed by atoms with Crippen molar-refractivity contribution in [1.82, 2.24) is 10.2 Å². The summed E-state index contributed by atoms with van der Waals surface area (Å²) in [5.41, 5.74) is 3.95. The molecule has 1 heterocycles. The van der Waals surface area contributed by atoms with Gasteiger partial charge >= 0.3 is 0 Å². The molecule has 1 amide bonds. The molecule has 25 heavy (non-hydrogen) atoms. The first-order valence-electron chi connectivity index (χ1n) is 9.36. The molecule has 4 heteroatoms. The molecule has 3 rings (SSSR count). The van der Waals surface area contributed by atoms with Gasteiger partial charge in [-0.25, -0.2) is 0 Å². The maximum Gasteiger partial charge on any atom is 0.234 e. The second-order valence-corrected chi connectivity index (χ2v) is 6.97. The van der Waals surface area contributed by atoms with Crippen LogP contribution in [-0.2, 0) is 4.79 Å². The summed E-state index contributed by atoms with van der Waals surface area (Å²) >= 11 is 0. The summed E-state index contributed by atoms with van der Waals surface area (Å²) in [5.74, 6) is 0.417. The Hall–Kier alpha value is -2.07. The Morgan fingerprint density at radius 3 is 2.64 bits per heavy atom. The number of nitrogens with one attached hydrogen (secondary N) is 1. The zero-order valence-electron chi connectivity index (χ0n) is 14.8. The molecule has 0 saturated heterocycles. The summed E-state index contributed by atoms with van der Waals surface area (Å²) in [6.45, 7) is 2.92. The van der Waals surface area contributed by atoms with Gasteiger partial charge in [0.05, 0.1) is 6.54 Å². The summed E-state index contributed by atoms with van der Waals surface area (Å²) in [6.07, 6.45) is 11.5. The number of phenolic OH excluding ortho intramolecular Hbond substituents is 1. The van der Waals surface area contributed by atoms with E-state index < -0.39 is 0 Å². The maximum atomic E-state index is 12.1. The van der Waals surface area contributed by atoms with E-state index in [0.29, 0.717) is 12.3 Å². The number of hydrogen-bond acceptors (Lipinski definition) is 3. The van der Waals surface area contributed by atoms with Crippen molar-refractivity contribution >= 4 is 11.5 Å². The first-order chi connectivity index (χ1) is 12.2. The van der Waals surface area contributed by atoms with Crippen LogP contribution in [0.5, 0.6) is 5.75 Å². The molecule has 0 fully saturated rings. The minimum Gasteiger partial charge on any atom is -0.508 e. The van der Waals surface area contributed by atoms with Crippen LogP contribution < -0.4 is 5.32 Å². The van der Waals surface area contributed by atoms with Crippen molar-refractivity contribution in [3.05, 3.63) is 47.6 Å². The first-order valence-corrected chi connectivity index (χ1v) is 9.36. The molecule has 0 unspecified atom stereocenters. The zero-order chi connectivity index (χ0) is 17.5. The molecule has 1 aromatic rings. The van der Waals surface area contributed by atoms with Gasteiger partial charge in [0.25, 0.3) is 0 Å². The molecule has 2 aliphatic rings. The highest BCUT2D eigenvalue weighted by molar-refractivity contribution is 5.78. The van der Waals surface area contributed by atoms with Gasteiger partial charge in [0.1, 0.15) is 5.75 Å². The third-order valence-electron chi connectivity index (χ3n) is 5.05. The van der Waals surface area contributed by atoms with E-state index in [1.807, 2.05) is 12.1 Å². The lowest BCUT2D eigenvalue weighted by Gasteiger charge is -2.26.